The van der Waals surface area contributed by atoms with Crippen molar-refractivity contribution in [3.8, 4) is 0 Å². The normalized spacial score (nSPS) is 19.5. The van der Waals surface area contributed by atoms with E-state index in [9.17, 15) is 0 Å². The van der Waals surface area contributed by atoms with Crippen LogP contribution >= 0.6 is 0 Å². The molecule has 2 nitrogen and oxygen atoms in total. The number of nitrogens with one attached hydrogen (secondary N) is 1. The van der Waals surface area contributed by atoms with E-state index in [1.54, 1.807) is 0 Å². The number of aryl methyl sites for hydroxylation is 1. The smallest absolute Gasteiger partial charge is 0.00649 e. The molecule has 106 valence electrons. The second kappa shape index (κ2) is 7.66. The number of benzene rings is 1. The van der Waals surface area contributed by atoms with Gasteiger partial charge in [-0.25, -0.2) is 0 Å². The van der Waals surface area contributed by atoms with Crippen LogP contribution in [0.1, 0.15) is 31.7 Å². The molecule has 1 aromatic carbocycles. The number of hydrogen-bond acceptors (Lipinski definition) is 2. The Labute approximate surface area is 118 Å². The van der Waals surface area contributed by atoms with Crippen molar-refractivity contribution in [2.75, 3.05) is 26.7 Å². The van der Waals surface area contributed by atoms with Crippen LogP contribution in [-0.4, -0.2) is 37.6 Å². The Hall–Kier alpha value is -0.860. The fourth-order valence-electron chi connectivity index (χ4n) is 3.06. The van der Waals surface area contributed by atoms with Gasteiger partial charge in [-0.3, -0.25) is 0 Å². The van der Waals surface area contributed by atoms with Gasteiger partial charge in [-0.2, -0.15) is 0 Å². The second-order valence-electron chi connectivity index (χ2n) is 5.85. The van der Waals surface area contributed by atoms with Gasteiger partial charge in [0.05, 0.1) is 0 Å². The average molecular weight is 260 g/mol. The fourth-order valence-corrected chi connectivity index (χ4v) is 3.06. The molecule has 19 heavy (non-hydrogen) atoms. The van der Waals surface area contributed by atoms with Gasteiger partial charge >= 0.3 is 0 Å². The molecule has 0 saturated carbocycles. The highest BCUT2D eigenvalue weighted by atomic mass is 15.1. The van der Waals surface area contributed by atoms with Gasteiger partial charge in [-0.05, 0) is 70.8 Å². The van der Waals surface area contributed by atoms with Gasteiger partial charge in [0, 0.05) is 6.04 Å². The van der Waals surface area contributed by atoms with Crippen LogP contribution < -0.4 is 5.32 Å². The summed E-state index contributed by atoms with van der Waals surface area (Å²) < 4.78 is 0. The lowest BCUT2D eigenvalue weighted by Crippen LogP contribution is -2.41. The van der Waals surface area contributed by atoms with E-state index in [-0.39, 0.29) is 0 Å². The third kappa shape index (κ3) is 4.63. The van der Waals surface area contributed by atoms with E-state index in [0.717, 1.165) is 5.92 Å². The first-order valence-electron chi connectivity index (χ1n) is 7.73. The summed E-state index contributed by atoms with van der Waals surface area (Å²) in [7, 11) is 2.08. The molecule has 1 N–H and O–H groups in total. The van der Waals surface area contributed by atoms with Gasteiger partial charge in [0.25, 0.3) is 0 Å². The zero-order valence-corrected chi connectivity index (χ0v) is 12.4. The Bertz CT molecular complexity index is 342. The second-order valence-corrected chi connectivity index (χ2v) is 5.85. The van der Waals surface area contributed by atoms with Crippen molar-refractivity contribution >= 4 is 0 Å². The fraction of sp³-hybridized carbons (Fsp3) is 0.647. The highest BCUT2D eigenvalue weighted by Gasteiger charge is 2.22. The quantitative estimate of drug-likeness (QED) is 0.846. The molecule has 1 aliphatic heterocycles. The molecule has 0 aromatic heterocycles. The lowest BCUT2D eigenvalue weighted by atomic mass is 9.90. The van der Waals surface area contributed by atoms with Crippen LogP contribution in [0.5, 0.6) is 0 Å². The maximum Gasteiger partial charge on any atom is 0.00649 e. The number of nitrogens with zero attached hydrogens (tertiary/aromatic N) is 1. The molecule has 0 aliphatic carbocycles. The largest absolute Gasteiger partial charge is 0.317 e. The standard InChI is InChI=1S/C17H28N2/c1-15(18-2)17-10-13-19(14-11-17)12-6-9-16-7-4-3-5-8-16/h3-5,7-8,15,17-18H,6,9-14H2,1-2H3. The molecule has 0 radical (unpaired) electrons. The maximum atomic E-state index is 3.40. The number of piperidine rings is 1. The van der Waals surface area contributed by atoms with Gasteiger partial charge in [-0.15, -0.1) is 0 Å². The summed E-state index contributed by atoms with van der Waals surface area (Å²) in [5, 5.41) is 3.40. The van der Waals surface area contributed by atoms with Crippen LogP contribution in [0.2, 0.25) is 0 Å². The van der Waals surface area contributed by atoms with Gasteiger partial charge in [0.1, 0.15) is 0 Å². The first-order chi connectivity index (χ1) is 9.29. The maximum absolute atomic E-state index is 3.40. The molecule has 2 heteroatoms. The number of likely N-dealkylation sites (tertiary alicyclic amines) is 1. The van der Waals surface area contributed by atoms with Crippen molar-refractivity contribution in [1.29, 1.82) is 0 Å². The Balaban J connectivity index is 1.63. The van der Waals surface area contributed by atoms with Crippen LogP contribution in [0.25, 0.3) is 0 Å². The molecular weight excluding hydrogens is 232 g/mol. The molecule has 0 amide bonds. The molecule has 1 atom stereocenters. The highest BCUT2D eigenvalue weighted by Crippen LogP contribution is 2.20. The monoisotopic (exact) mass is 260 g/mol. The molecular formula is C17H28N2. The van der Waals surface area contributed by atoms with E-state index >= 15 is 0 Å². The lowest BCUT2D eigenvalue weighted by molar-refractivity contribution is 0.164. The molecule has 1 heterocycles. The van der Waals surface area contributed by atoms with E-state index in [1.165, 1.54) is 50.9 Å². The minimum absolute atomic E-state index is 0.673. The van der Waals surface area contributed by atoms with E-state index in [2.05, 4.69) is 54.5 Å². The van der Waals surface area contributed by atoms with Crippen molar-refractivity contribution < 1.29 is 0 Å². The van der Waals surface area contributed by atoms with Crippen LogP contribution in [0.3, 0.4) is 0 Å². The first-order valence-corrected chi connectivity index (χ1v) is 7.73. The molecule has 1 aromatic rings. The summed E-state index contributed by atoms with van der Waals surface area (Å²) >= 11 is 0. The molecule has 1 fully saturated rings. The van der Waals surface area contributed by atoms with Crippen LogP contribution in [0, 0.1) is 5.92 Å². The van der Waals surface area contributed by atoms with E-state index < -0.39 is 0 Å². The summed E-state index contributed by atoms with van der Waals surface area (Å²) in [5.74, 6) is 0.871. The average Bonchev–Trinajstić information content (AvgIpc) is 2.48. The van der Waals surface area contributed by atoms with E-state index in [4.69, 9.17) is 0 Å². The summed E-state index contributed by atoms with van der Waals surface area (Å²) in [6, 6.07) is 11.5. The van der Waals surface area contributed by atoms with Gasteiger partial charge in [0.15, 0.2) is 0 Å². The predicted molar refractivity (Wildman–Crippen MR) is 82.4 cm³/mol. The minimum atomic E-state index is 0.673. The van der Waals surface area contributed by atoms with Crippen LogP contribution in [0.4, 0.5) is 0 Å². The highest BCUT2D eigenvalue weighted by molar-refractivity contribution is 5.14. The first kappa shape index (κ1) is 14.5. The zero-order valence-electron chi connectivity index (χ0n) is 12.4. The third-order valence-electron chi connectivity index (χ3n) is 4.58. The lowest BCUT2D eigenvalue weighted by Gasteiger charge is -2.34. The van der Waals surface area contributed by atoms with E-state index in [1.807, 2.05) is 0 Å². The van der Waals surface area contributed by atoms with Gasteiger partial charge in [-0.1, -0.05) is 30.3 Å². The summed E-state index contributed by atoms with van der Waals surface area (Å²) in [6.07, 6.45) is 5.21. The molecule has 0 bridgehead atoms. The Kier molecular flexibility index (Phi) is 5.87. The minimum Gasteiger partial charge on any atom is -0.317 e. The summed E-state index contributed by atoms with van der Waals surface area (Å²) in [5.41, 5.74) is 1.47. The third-order valence-corrected chi connectivity index (χ3v) is 4.58. The number of rotatable bonds is 6. The molecule has 1 saturated heterocycles. The molecule has 1 aliphatic rings. The van der Waals surface area contributed by atoms with Crippen molar-refractivity contribution in [3.63, 3.8) is 0 Å². The SMILES string of the molecule is CNC(C)C1CCN(CCCc2ccccc2)CC1. The Morgan fingerprint density at radius 2 is 1.89 bits per heavy atom. The van der Waals surface area contributed by atoms with Crippen LogP contribution in [-0.2, 0) is 6.42 Å². The van der Waals surface area contributed by atoms with Gasteiger partial charge in [0.2, 0.25) is 0 Å². The van der Waals surface area contributed by atoms with Crippen molar-refractivity contribution in [1.82, 2.24) is 10.2 Å². The number of hydrogen-bond donors (Lipinski definition) is 1. The van der Waals surface area contributed by atoms with Crippen molar-refractivity contribution in [2.24, 2.45) is 5.92 Å². The Morgan fingerprint density at radius 3 is 2.53 bits per heavy atom. The summed E-state index contributed by atoms with van der Waals surface area (Å²) in [4.78, 5) is 2.64. The molecule has 0 spiro atoms. The summed E-state index contributed by atoms with van der Waals surface area (Å²) in [6.45, 7) is 6.14. The topological polar surface area (TPSA) is 15.3 Å². The molecule has 1 unspecified atom stereocenters. The Morgan fingerprint density at radius 1 is 1.21 bits per heavy atom. The van der Waals surface area contributed by atoms with Crippen LogP contribution in [0.15, 0.2) is 30.3 Å². The van der Waals surface area contributed by atoms with Gasteiger partial charge < -0.3 is 10.2 Å². The predicted octanol–water partition coefficient (Wildman–Crippen LogP) is 2.94. The van der Waals surface area contributed by atoms with Crippen molar-refractivity contribution in [2.45, 2.75) is 38.6 Å². The van der Waals surface area contributed by atoms with E-state index in [0.29, 0.717) is 6.04 Å². The zero-order chi connectivity index (χ0) is 13.5. The van der Waals surface area contributed by atoms with Crippen molar-refractivity contribution in [3.05, 3.63) is 35.9 Å². The molecule has 2 rings (SSSR count).